The van der Waals surface area contributed by atoms with Crippen molar-refractivity contribution in [1.82, 2.24) is 10.6 Å². The molecule has 3 N–H and O–H groups in total. The zero-order valence-electron chi connectivity index (χ0n) is 18.8. The fraction of sp³-hybridized carbons (Fsp3) is 0.565. The van der Waals surface area contributed by atoms with Crippen LogP contribution in [0, 0.1) is 5.92 Å². The third kappa shape index (κ3) is 14.1. The maximum atomic E-state index is 12.0. The molecule has 0 fully saturated rings. The Morgan fingerprint density at radius 2 is 1.65 bits per heavy atom. The molecule has 0 atom stereocenters. The second kappa shape index (κ2) is 15.3. The lowest BCUT2D eigenvalue weighted by atomic mass is 10.1. The lowest BCUT2D eigenvalue weighted by Gasteiger charge is -2.09. The summed E-state index contributed by atoms with van der Waals surface area (Å²) >= 11 is 0. The van der Waals surface area contributed by atoms with Crippen LogP contribution in [0.15, 0.2) is 24.3 Å². The minimum atomic E-state index is -0.421. The highest BCUT2D eigenvalue weighted by Crippen LogP contribution is 2.11. The first-order chi connectivity index (χ1) is 14.8. The quantitative estimate of drug-likeness (QED) is 0.271. The Labute approximate surface area is 184 Å². The van der Waals surface area contributed by atoms with Crippen molar-refractivity contribution in [3.8, 4) is 0 Å². The molecule has 0 aromatic heterocycles. The lowest BCUT2D eigenvalue weighted by Crippen LogP contribution is -2.31. The minimum absolute atomic E-state index is 0.0753. The van der Waals surface area contributed by atoms with E-state index in [-0.39, 0.29) is 36.7 Å². The van der Waals surface area contributed by atoms with Crippen molar-refractivity contribution >= 4 is 29.1 Å². The number of Topliss-reactive ketones (excluding diaryl/α,β-unsaturated/α-hetero) is 2. The van der Waals surface area contributed by atoms with Gasteiger partial charge in [0, 0.05) is 25.3 Å². The summed E-state index contributed by atoms with van der Waals surface area (Å²) < 4.78 is 5.45. The molecular weight excluding hydrogens is 398 g/mol. The normalized spacial score (nSPS) is 10.7. The van der Waals surface area contributed by atoms with Crippen molar-refractivity contribution in [2.45, 2.75) is 46.5 Å². The maximum absolute atomic E-state index is 12.0. The van der Waals surface area contributed by atoms with Crippen LogP contribution in [-0.2, 0) is 30.3 Å². The number of benzene rings is 1. The first-order valence-electron chi connectivity index (χ1n) is 10.7. The number of carbonyl (C=O) groups excluding carboxylic acids is 4. The van der Waals surface area contributed by atoms with E-state index < -0.39 is 5.91 Å². The fourth-order valence-corrected chi connectivity index (χ4v) is 2.74. The number of hydrogen-bond acceptors (Lipinski definition) is 6. The van der Waals surface area contributed by atoms with E-state index in [2.05, 4.69) is 29.8 Å². The summed E-state index contributed by atoms with van der Waals surface area (Å²) in [4.78, 5) is 46.5. The van der Waals surface area contributed by atoms with Crippen LogP contribution >= 0.6 is 0 Å². The molecule has 0 aliphatic heterocycles. The summed E-state index contributed by atoms with van der Waals surface area (Å²) in [6.45, 7) is 8.97. The highest BCUT2D eigenvalue weighted by Gasteiger charge is 2.10. The topological polar surface area (TPSA) is 114 Å². The Hall–Kier alpha value is -2.58. The van der Waals surface area contributed by atoms with Crippen molar-refractivity contribution in [3.63, 3.8) is 0 Å². The van der Waals surface area contributed by atoms with Crippen LogP contribution in [0.5, 0.6) is 0 Å². The van der Waals surface area contributed by atoms with Gasteiger partial charge in [0.25, 0.3) is 0 Å². The molecule has 0 unspecified atom stereocenters. The number of anilines is 1. The molecule has 0 aliphatic rings. The van der Waals surface area contributed by atoms with Gasteiger partial charge in [-0.05, 0) is 50.0 Å². The second-order valence-corrected chi connectivity index (χ2v) is 7.93. The van der Waals surface area contributed by atoms with E-state index in [0.29, 0.717) is 31.4 Å². The molecule has 0 bridgehead atoms. The molecule has 0 saturated heterocycles. The number of rotatable bonds is 16. The summed E-state index contributed by atoms with van der Waals surface area (Å²) in [7, 11) is 0. The monoisotopic (exact) mass is 433 g/mol. The first kappa shape index (κ1) is 26.5. The molecule has 0 aliphatic carbocycles. The van der Waals surface area contributed by atoms with E-state index in [0.717, 1.165) is 25.1 Å². The van der Waals surface area contributed by atoms with Gasteiger partial charge in [-0.1, -0.05) is 26.0 Å². The van der Waals surface area contributed by atoms with Gasteiger partial charge in [0.2, 0.25) is 11.8 Å². The third-order valence-corrected chi connectivity index (χ3v) is 4.17. The molecule has 172 valence electrons. The molecule has 0 radical (unpaired) electrons. The average molecular weight is 434 g/mol. The van der Waals surface area contributed by atoms with Crippen LogP contribution in [0.25, 0.3) is 0 Å². The van der Waals surface area contributed by atoms with Crippen molar-refractivity contribution in [2.24, 2.45) is 5.92 Å². The molecule has 2 amide bonds. The van der Waals surface area contributed by atoms with Crippen LogP contribution in [0.3, 0.4) is 0 Å². The average Bonchev–Trinajstić information content (AvgIpc) is 2.67. The van der Waals surface area contributed by atoms with Gasteiger partial charge in [-0.2, -0.15) is 0 Å². The molecule has 31 heavy (non-hydrogen) atoms. The molecule has 8 nitrogen and oxygen atoms in total. The summed E-state index contributed by atoms with van der Waals surface area (Å²) in [5.74, 6) is -0.468. The summed E-state index contributed by atoms with van der Waals surface area (Å²) in [6, 6.07) is 6.75. The van der Waals surface area contributed by atoms with Gasteiger partial charge in [-0.3, -0.25) is 19.2 Å². The Morgan fingerprint density at radius 3 is 2.29 bits per heavy atom. The molecule has 0 heterocycles. The predicted molar refractivity (Wildman–Crippen MR) is 120 cm³/mol. The van der Waals surface area contributed by atoms with Gasteiger partial charge >= 0.3 is 0 Å². The first-order valence-corrected chi connectivity index (χ1v) is 10.7. The minimum Gasteiger partial charge on any atom is -0.380 e. The predicted octanol–water partition coefficient (Wildman–Crippen LogP) is 1.87. The van der Waals surface area contributed by atoms with E-state index in [1.165, 1.54) is 6.92 Å². The van der Waals surface area contributed by atoms with Crippen molar-refractivity contribution in [3.05, 3.63) is 29.8 Å². The highest BCUT2D eigenvalue weighted by molar-refractivity contribution is 6.03. The van der Waals surface area contributed by atoms with Gasteiger partial charge in [0.15, 0.2) is 0 Å². The van der Waals surface area contributed by atoms with Crippen LogP contribution in [0.1, 0.15) is 45.6 Å². The summed E-state index contributed by atoms with van der Waals surface area (Å²) in [5.41, 5.74) is 1.30. The van der Waals surface area contributed by atoms with E-state index in [1.807, 2.05) is 0 Å². The van der Waals surface area contributed by atoms with Crippen molar-refractivity contribution in [1.29, 1.82) is 0 Å². The summed E-state index contributed by atoms with van der Waals surface area (Å²) in [5, 5.41) is 8.64. The van der Waals surface area contributed by atoms with Crippen LogP contribution in [0.2, 0.25) is 0 Å². The molecule has 0 spiro atoms. The van der Waals surface area contributed by atoms with E-state index in [9.17, 15) is 19.2 Å². The maximum Gasteiger partial charge on any atom is 0.233 e. The second-order valence-electron chi connectivity index (χ2n) is 7.93. The SMILES string of the molecule is CC(=O)CC(=O)Cc1ccc(NC(=O)CC(=O)NCCOCCCNCC(C)C)cc1. The zero-order chi connectivity index (χ0) is 23.1. The molecule has 1 aromatic rings. The van der Waals surface area contributed by atoms with E-state index >= 15 is 0 Å². The Balaban J connectivity index is 2.16. The number of carbonyl (C=O) groups is 4. The Morgan fingerprint density at radius 1 is 0.935 bits per heavy atom. The summed E-state index contributed by atoms with van der Waals surface area (Å²) in [6.07, 6.45) is 0.728. The van der Waals surface area contributed by atoms with Crippen LogP contribution in [-0.4, -0.2) is 56.2 Å². The third-order valence-electron chi connectivity index (χ3n) is 4.17. The standard InChI is InChI=1S/C23H35N3O5/c1-17(2)16-24-9-4-11-31-12-10-25-22(29)15-23(30)26-20-7-5-19(6-8-20)14-21(28)13-18(3)27/h5-8,17,24H,4,9-16H2,1-3H3,(H,25,29)(H,26,30). The number of amides is 2. The number of nitrogens with one attached hydrogen (secondary N) is 3. The Kier molecular flexibility index (Phi) is 13.0. The molecular formula is C23H35N3O5. The van der Waals surface area contributed by atoms with Gasteiger partial charge < -0.3 is 20.7 Å². The fourth-order valence-electron chi connectivity index (χ4n) is 2.74. The molecule has 8 heteroatoms. The Bertz CT molecular complexity index is 716. The number of ketones is 2. The zero-order valence-corrected chi connectivity index (χ0v) is 18.8. The molecule has 0 saturated carbocycles. The van der Waals surface area contributed by atoms with Crippen molar-refractivity contribution < 1.29 is 23.9 Å². The van der Waals surface area contributed by atoms with Gasteiger partial charge in [0.1, 0.15) is 18.0 Å². The van der Waals surface area contributed by atoms with Crippen molar-refractivity contribution in [2.75, 3.05) is 38.2 Å². The number of ether oxygens (including phenoxy) is 1. The van der Waals surface area contributed by atoms with Crippen LogP contribution < -0.4 is 16.0 Å². The largest absolute Gasteiger partial charge is 0.380 e. The van der Waals surface area contributed by atoms with Gasteiger partial charge in [-0.15, -0.1) is 0 Å². The molecule has 1 aromatic carbocycles. The lowest BCUT2D eigenvalue weighted by molar-refractivity contribution is -0.128. The number of hydrogen-bond donors (Lipinski definition) is 3. The van der Waals surface area contributed by atoms with Gasteiger partial charge in [-0.25, -0.2) is 0 Å². The van der Waals surface area contributed by atoms with Crippen LogP contribution in [0.4, 0.5) is 5.69 Å². The highest BCUT2D eigenvalue weighted by atomic mass is 16.5. The van der Waals surface area contributed by atoms with Gasteiger partial charge in [0.05, 0.1) is 13.0 Å². The van der Waals surface area contributed by atoms with E-state index in [4.69, 9.17) is 4.74 Å². The van der Waals surface area contributed by atoms with E-state index in [1.54, 1.807) is 24.3 Å². The molecule has 1 rings (SSSR count). The smallest absolute Gasteiger partial charge is 0.233 e.